The van der Waals surface area contributed by atoms with Crippen molar-refractivity contribution in [1.29, 1.82) is 0 Å². The second-order valence-corrected chi connectivity index (χ2v) is 8.95. The molecule has 0 radical (unpaired) electrons. The van der Waals surface area contributed by atoms with E-state index in [4.69, 9.17) is 0 Å². The molecule has 0 aliphatic heterocycles. The summed E-state index contributed by atoms with van der Waals surface area (Å²) in [5.41, 5.74) is 3.57. The summed E-state index contributed by atoms with van der Waals surface area (Å²) in [5.74, 6) is -0.405. The first-order valence-electron chi connectivity index (χ1n) is 7.93. The predicted octanol–water partition coefficient (Wildman–Crippen LogP) is 4.64. The van der Waals surface area contributed by atoms with E-state index in [1.807, 2.05) is 6.92 Å². The van der Waals surface area contributed by atoms with Gasteiger partial charge in [-0.05, 0) is 37.3 Å². The van der Waals surface area contributed by atoms with Crippen LogP contribution in [0.3, 0.4) is 0 Å². The molecule has 2 aromatic carbocycles. The molecule has 1 N–H and O–H groups in total. The van der Waals surface area contributed by atoms with Crippen molar-refractivity contribution in [3.63, 3.8) is 0 Å². The number of hydrogen-bond donors (Lipinski definition) is 1. The number of aryl methyl sites for hydroxylation is 1. The molecular formula is C19H15FN2O2S2. The van der Waals surface area contributed by atoms with Gasteiger partial charge in [-0.15, -0.1) is 11.3 Å². The molecule has 1 unspecified atom stereocenters. The van der Waals surface area contributed by atoms with E-state index < -0.39 is 20.9 Å². The van der Waals surface area contributed by atoms with Crippen molar-refractivity contribution < 1.29 is 12.8 Å². The summed E-state index contributed by atoms with van der Waals surface area (Å²) in [6, 6.07) is 12.7. The van der Waals surface area contributed by atoms with Crippen LogP contribution in [-0.4, -0.2) is 18.4 Å². The van der Waals surface area contributed by atoms with Crippen molar-refractivity contribution in [2.45, 2.75) is 17.1 Å². The molecule has 0 spiro atoms. The van der Waals surface area contributed by atoms with E-state index in [0.717, 1.165) is 0 Å². The monoisotopic (exact) mass is 386 g/mol. The summed E-state index contributed by atoms with van der Waals surface area (Å²) in [6.45, 7) is 1.81. The van der Waals surface area contributed by atoms with Gasteiger partial charge in [0.2, 0.25) is 0 Å². The van der Waals surface area contributed by atoms with Crippen LogP contribution in [-0.2, 0) is 9.84 Å². The number of nitrogens with one attached hydrogen (secondary N) is 1. The summed E-state index contributed by atoms with van der Waals surface area (Å²) >= 11 is 1.27. The van der Waals surface area contributed by atoms with E-state index in [1.165, 1.54) is 23.5 Å². The molecule has 0 fully saturated rings. The first-order valence-corrected chi connectivity index (χ1v) is 10.4. The van der Waals surface area contributed by atoms with Crippen molar-refractivity contribution >= 4 is 32.1 Å². The van der Waals surface area contributed by atoms with Gasteiger partial charge >= 0.3 is 0 Å². The zero-order chi connectivity index (χ0) is 18.3. The average Bonchev–Trinajstić information content (AvgIpc) is 3.25. The molecular weight excluding hydrogens is 371 g/mol. The Morgan fingerprint density at radius 2 is 1.92 bits per heavy atom. The lowest BCUT2D eigenvalue weighted by atomic mass is 10.1. The highest BCUT2D eigenvalue weighted by Gasteiger charge is 2.35. The van der Waals surface area contributed by atoms with E-state index in [1.54, 1.807) is 48.1 Å². The van der Waals surface area contributed by atoms with E-state index in [9.17, 15) is 12.8 Å². The van der Waals surface area contributed by atoms with Gasteiger partial charge in [-0.2, -0.15) is 0 Å². The number of rotatable bonds is 4. The second kappa shape index (κ2) is 6.34. The summed E-state index contributed by atoms with van der Waals surface area (Å²) in [7, 11) is -3.75. The molecule has 2 heterocycles. The van der Waals surface area contributed by atoms with E-state index in [-0.39, 0.29) is 4.90 Å². The number of halogens is 1. The largest absolute Gasteiger partial charge is 0.358 e. The fourth-order valence-corrected chi connectivity index (χ4v) is 6.15. The van der Waals surface area contributed by atoms with Crippen molar-refractivity contribution in [3.05, 3.63) is 82.2 Å². The van der Waals surface area contributed by atoms with Gasteiger partial charge < -0.3 is 4.98 Å². The van der Waals surface area contributed by atoms with Gasteiger partial charge in [0.1, 0.15) is 11.1 Å². The van der Waals surface area contributed by atoms with Gasteiger partial charge in [-0.3, -0.25) is 4.98 Å². The Balaban J connectivity index is 2.03. The van der Waals surface area contributed by atoms with Crippen LogP contribution in [0.1, 0.15) is 21.4 Å². The quantitative estimate of drug-likeness (QED) is 0.556. The third-order valence-electron chi connectivity index (χ3n) is 4.35. The number of aromatic nitrogens is 2. The van der Waals surface area contributed by atoms with Crippen LogP contribution in [0.2, 0.25) is 0 Å². The zero-order valence-corrected chi connectivity index (χ0v) is 15.4. The second-order valence-electron chi connectivity index (χ2n) is 6.00. The molecule has 26 heavy (non-hydrogen) atoms. The lowest BCUT2D eigenvalue weighted by molar-refractivity contribution is 0.589. The molecule has 4 nitrogen and oxygen atoms in total. The summed E-state index contributed by atoms with van der Waals surface area (Å²) in [4.78, 5) is 8.06. The predicted molar refractivity (Wildman–Crippen MR) is 101 cm³/mol. The van der Waals surface area contributed by atoms with E-state index in [0.29, 0.717) is 27.0 Å². The zero-order valence-electron chi connectivity index (χ0n) is 13.8. The number of sulfone groups is 1. The molecule has 132 valence electrons. The molecule has 0 bridgehead atoms. The third-order valence-corrected chi connectivity index (χ3v) is 7.38. The molecule has 0 amide bonds. The Labute approximate surface area is 154 Å². The van der Waals surface area contributed by atoms with Crippen LogP contribution in [0.25, 0.3) is 10.9 Å². The summed E-state index contributed by atoms with van der Waals surface area (Å²) < 4.78 is 40.8. The van der Waals surface area contributed by atoms with Gasteiger partial charge in [0.25, 0.3) is 0 Å². The van der Waals surface area contributed by atoms with Crippen LogP contribution >= 0.6 is 11.3 Å². The maximum atomic E-state index is 13.9. The maximum absolute atomic E-state index is 13.9. The third kappa shape index (κ3) is 2.73. The number of thiazole rings is 1. The topological polar surface area (TPSA) is 62.8 Å². The first-order chi connectivity index (χ1) is 12.5. The normalized spacial score (nSPS) is 13.2. The Morgan fingerprint density at radius 3 is 2.62 bits per heavy atom. The number of benzene rings is 2. The number of H-pyrrole nitrogens is 1. The van der Waals surface area contributed by atoms with E-state index in [2.05, 4.69) is 9.97 Å². The van der Waals surface area contributed by atoms with Gasteiger partial charge in [0.05, 0.1) is 10.4 Å². The van der Waals surface area contributed by atoms with Gasteiger partial charge in [-0.25, -0.2) is 12.8 Å². The number of aromatic amines is 1. The molecule has 2 aromatic heterocycles. The molecule has 0 aliphatic rings. The summed E-state index contributed by atoms with van der Waals surface area (Å²) in [5, 5.41) is -0.381. The number of hydrogen-bond acceptors (Lipinski definition) is 4. The fraction of sp³-hybridized carbons (Fsp3) is 0.105. The minimum Gasteiger partial charge on any atom is -0.358 e. The Bertz CT molecular complexity index is 1170. The fourth-order valence-electron chi connectivity index (χ4n) is 3.21. The van der Waals surface area contributed by atoms with Crippen molar-refractivity contribution in [1.82, 2.24) is 9.97 Å². The molecule has 7 heteroatoms. The van der Waals surface area contributed by atoms with Crippen LogP contribution < -0.4 is 0 Å². The Hall–Kier alpha value is -2.51. The SMILES string of the molecule is Cc1[nH]c2ccc(F)cc2c1C(c1cncs1)S(=O)(=O)c1ccccc1. The maximum Gasteiger partial charge on any atom is 0.190 e. The Kier molecular flexibility index (Phi) is 4.13. The highest BCUT2D eigenvalue weighted by Crippen LogP contribution is 2.41. The first kappa shape index (κ1) is 16.9. The molecule has 4 rings (SSSR count). The van der Waals surface area contributed by atoms with Gasteiger partial charge in [0, 0.05) is 33.2 Å². The molecule has 0 saturated carbocycles. The van der Waals surface area contributed by atoms with Crippen molar-refractivity contribution in [2.24, 2.45) is 0 Å². The molecule has 0 saturated heterocycles. The highest BCUT2D eigenvalue weighted by molar-refractivity contribution is 7.92. The van der Waals surface area contributed by atoms with Crippen LogP contribution in [0.15, 0.2) is 65.1 Å². The van der Waals surface area contributed by atoms with Crippen LogP contribution in [0.5, 0.6) is 0 Å². The minimum atomic E-state index is -3.75. The lowest BCUT2D eigenvalue weighted by Gasteiger charge is -2.17. The Morgan fingerprint density at radius 1 is 1.15 bits per heavy atom. The molecule has 4 aromatic rings. The lowest BCUT2D eigenvalue weighted by Crippen LogP contribution is -2.15. The highest BCUT2D eigenvalue weighted by atomic mass is 32.2. The van der Waals surface area contributed by atoms with Crippen LogP contribution in [0, 0.1) is 12.7 Å². The number of fused-ring (bicyclic) bond motifs is 1. The van der Waals surface area contributed by atoms with Crippen LogP contribution in [0.4, 0.5) is 4.39 Å². The van der Waals surface area contributed by atoms with E-state index >= 15 is 0 Å². The minimum absolute atomic E-state index is 0.226. The smallest absolute Gasteiger partial charge is 0.190 e. The molecule has 0 aliphatic carbocycles. The van der Waals surface area contributed by atoms with Crippen molar-refractivity contribution in [2.75, 3.05) is 0 Å². The average molecular weight is 386 g/mol. The molecule has 1 atom stereocenters. The van der Waals surface area contributed by atoms with Crippen molar-refractivity contribution in [3.8, 4) is 0 Å². The van der Waals surface area contributed by atoms with Gasteiger partial charge in [-0.1, -0.05) is 18.2 Å². The standard InChI is InChI=1S/C19H15FN2O2S2/c1-12-18(15-9-13(20)7-8-16(15)22-12)19(17-10-21-11-25-17)26(23,24)14-5-3-2-4-6-14/h2-11,19,22H,1H3. The number of nitrogens with zero attached hydrogens (tertiary/aromatic N) is 1. The summed E-state index contributed by atoms with van der Waals surface area (Å²) in [6.07, 6.45) is 1.56. The van der Waals surface area contributed by atoms with Gasteiger partial charge in [0.15, 0.2) is 9.84 Å².